The van der Waals surface area contributed by atoms with Crippen LogP contribution in [-0.2, 0) is 14.6 Å². The van der Waals surface area contributed by atoms with E-state index in [9.17, 15) is 13.2 Å². The van der Waals surface area contributed by atoms with Crippen molar-refractivity contribution >= 4 is 32.3 Å². The average molecular weight is 279 g/mol. The number of nitrogens with zero attached hydrogens (tertiary/aromatic N) is 1. The summed E-state index contributed by atoms with van der Waals surface area (Å²) in [5.41, 5.74) is 5.62. The van der Waals surface area contributed by atoms with Crippen LogP contribution in [-0.4, -0.2) is 43.0 Å². The van der Waals surface area contributed by atoms with E-state index in [1.54, 1.807) is 0 Å². The van der Waals surface area contributed by atoms with Crippen molar-refractivity contribution in [2.24, 2.45) is 5.73 Å². The first kappa shape index (κ1) is 13.9. The summed E-state index contributed by atoms with van der Waals surface area (Å²) >= 11 is 1.19. The number of aromatic nitrogens is 1. The Bertz CT molecular complexity index is 497. The van der Waals surface area contributed by atoms with Crippen molar-refractivity contribution in [3.8, 4) is 0 Å². The van der Waals surface area contributed by atoms with Crippen molar-refractivity contribution in [1.29, 1.82) is 0 Å². The maximum absolute atomic E-state index is 10.9. The second-order valence-electron chi connectivity index (χ2n) is 3.45. The van der Waals surface area contributed by atoms with Crippen LogP contribution in [0.1, 0.15) is 11.7 Å². The van der Waals surface area contributed by atoms with Crippen LogP contribution < -0.4 is 11.1 Å². The van der Waals surface area contributed by atoms with Crippen LogP contribution in [0.3, 0.4) is 0 Å². The van der Waals surface area contributed by atoms with Crippen molar-refractivity contribution in [1.82, 2.24) is 4.98 Å². The normalized spacial score (nSPS) is 13.3. The zero-order chi connectivity index (χ0) is 13.1. The summed E-state index contributed by atoms with van der Waals surface area (Å²) in [6.07, 6.45) is 1.14. The van der Waals surface area contributed by atoms with Gasteiger partial charge < -0.3 is 16.2 Å². The number of hydrogen-bond donors (Lipinski definition) is 3. The molecule has 1 aromatic heterocycles. The fourth-order valence-electron chi connectivity index (χ4n) is 0.980. The monoisotopic (exact) mass is 279 g/mol. The molecule has 7 nitrogen and oxygen atoms in total. The van der Waals surface area contributed by atoms with Crippen LogP contribution >= 0.6 is 11.3 Å². The lowest BCUT2D eigenvalue weighted by Crippen LogP contribution is -2.21. The predicted molar refractivity (Wildman–Crippen MR) is 64.9 cm³/mol. The number of carbonyl (C=O) groups is 1. The number of nitrogens with two attached hydrogens (primary N) is 1. The van der Waals surface area contributed by atoms with Gasteiger partial charge in [0.05, 0.1) is 11.4 Å². The minimum Gasteiger partial charge on any atom is -0.480 e. The molecule has 4 N–H and O–H groups in total. The van der Waals surface area contributed by atoms with Crippen LogP contribution in [0.5, 0.6) is 0 Å². The fraction of sp³-hybridized carbons (Fsp3) is 0.500. The Morgan fingerprint density at radius 1 is 1.71 bits per heavy atom. The molecule has 0 aliphatic carbocycles. The van der Waals surface area contributed by atoms with Crippen LogP contribution in [0.15, 0.2) is 5.38 Å². The zero-order valence-electron chi connectivity index (χ0n) is 9.08. The predicted octanol–water partition coefficient (Wildman–Crippen LogP) is -0.316. The Labute approximate surface area is 103 Å². The number of hydrogen-bond acceptors (Lipinski definition) is 7. The third kappa shape index (κ3) is 4.67. The minimum atomic E-state index is -3.02. The number of thiazole rings is 1. The molecule has 0 saturated heterocycles. The van der Waals surface area contributed by atoms with Crippen molar-refractivity contribution in [3.63, 3.8) is 0 Å². The summed E-state index contributed by atoms with van der Waals surface area (Å²) in [4.78, 5) is 14.6. The average Bonchev–Trinajstić information content (AvgIpc) is 2.63. The van der Waals surface area contributed by atoms with Crippen LogP contribution in [0, 0.1) is 0 Å². The first-order valence-electron chi connectivity index (χ1n) is 4.65. The maximum Gasteiger partial charge on any atom is 0.326 e. The maximum atomic E-state index is 10.9. The zero-order valence-corrected chi connectivity index (χ0v) is 10.7. The highest BCUT2D eigenvalue weighted by Crippen LogP contribution is 2.19. The second kappa shape index (κ2) is 5.43. The molecule has 1 rings (SSSR count). The van der Waals surface area contributed by atoms with Crippen LogP contribution in [0.25, 0.3) is 0 Å². The molecule has 1 unspecified atom stereocenters. The SMILES string of the molecule is CS(=O)(=O)CCNc1nc(C(N)C(=O)O)cs1. The van der Waals surface area contributed by atoms with Gasteiger partial charge in [0.25, 0.3) is 0 Å². The van der Waals surface area contributed by atoms with E-state index >= 15 is 0 Å². The highest BCUT2D eigenvalue weighted by molar-refractivity contribution is 7.90. The fourth-order valence-corrected chi connectivity index (χ4v) is 2.23. The van der Waals surface area contributed by atoms with Crippen LogP contribution in [0.4, 0.5) is 5.13 Å². The Morgan fingerprint density at radius 2 is 2.35 bits per heavy atom. The molecule has 0 bridgehead atoms. The Morgan fingerprint density at radius 3 is 2.88 bits per heavy atom. The van der Waals surface area contributed by atoms with E-state index < -0.39 is 21.8 Å². The third-order valence-corrected chi connectivity index (χ3v) is 3.62. The summed E-state index contributed by atoms with van der Waals surface area (Å²) in [5.74, 6) is -1.16. The third-order valence-electron chi connectivity index (χ3n) is 1.86. The Balaban J connectivity index is 2.55. The number of rotatable bonds is 6. The lowest BCUT2D eigenvalue weighted by atomic mass is 10.2. The molecule has 96 valence electrons. The van der Waals surface area contributed by atoms with Gasteiger partial charge in [0, 0.05) is 18.2 Å². The van der Waals surface area contributed by atoms with Gasteiger partial charge in [0.2, 0.25) is 0 Å². The van der Waals surface area contributed by atoms with E-state index in [0.717, 1.165) is 6.26 Å². The topological polar surface area (TPSA) is 122 Å². The number of aliphatic carboxylic acids is 1. The Kier molecular flexibility index (Phi) is 4.43. The number of sulfone groups is 1. The molecule has 0 saturated carbocycles. The van der Waals surface area contributed by atoms with Gasteiger partial charge in [-0.2, -0.15) is 0 Å². The van der Waals surface area contributed by atoms with Crippen molar-refractivity contribution < 1.29 is 18.3 Å². The highest BCUT2D eigenvalue weighted by atomic mass is 32.2. The largest absolute Gasteiger partial charge is 0.480 e. The highest BCUT2D eigenvalue weighted by Gasteiger charge is 2.17. The molecule has 1 atom stereocenters. The van der Waals surface area contributed by atoms with Crippen molar-refractivity contribution in [2.45, 2.75) is 6.04 Å². The molecule has 0 fully saturated rings. The summed E-state index contributed by atoms with van der Waals surface area (Å²) in [7, 11) is -3.02. The lowest BCUT2D eigenvalue weighted by Gasteiger charge is -2.02. The number of carboxylic acids is 1. The van der Waals surface area contributed by atoms with E-state index in [-0.39, 0.29) is 18.0 Å². The smallest absolute Gasteiger partial charge is 0.326 e. The van der Waals surface area contributed by atoms with E-state index in [0.29, 0.717) is 5.13 Å². The molecule has 0 aliphatic rings. The standard InChI is InChI=1S/C8H13N3O4S2/c1-17(14,15)3-2-10-8-11-5(4-16-8)6(9)7(12)13/h4,6H,2-3,9H2,1H3,(H,10,11)(H,12,13). The van der Waals surface area contributed by atoms with Gasteiger partial charge in [-0.3, -0.25) is 4.79 Å². The van der Waals surface area contributed by atoms with Gasteiger partial charge in [-0.1, -0.05) is 0 Å². The molecular formula is C8H13N3O4S2. The van der Waals surface area contributed by atoms with Gasteiger partial charge in [0.1, 0.15) is 15.9 Å². The molecule has 1 aromatic rings. The first-order valence-corrected chi connectivity index (χ1v) is 7.59. The second-order valence-corrected chi connectivity index (χ2v) is 6.57. The molecule has 0 aliphatic heterocycles. The van der Waals surface area contributed by atoms with Gasteiger partial charge in [-0.25, -0.2) is 13.4 Å². The molecule has 0 aromatic carbocycles. The molecule has 0 amide bonds. The summed E-state index contributed by atoms with van der Waals surface area (Å²) in [6.45, 7) is 0.230. The van der Waals surface area contributed by atoms with Gasteiger partial charge in [-0.05, 0) is 0 Å². The molecule has 17 heavy (non-hydrogen) atoms. The van der Waals surface area contributed by atoms with E-state index in [2.05, 4.69) is 10.3 Å². The molecule has 1 heterocycles. The summed E-state index contributed by atoms with van der Waals surface area (Å²) in [6, 6.07) is -1.16. The summed E-state index contributed by atoms with van der Waals surface area (Å²) in [5, 5.41) is 13.5. The van der Waals surface area contributed by atoms with Crippen molar-refractivity contribution in [2.75, 3.05) is 23.9 Å². The van der Waals surface area contributed by atoms with Crippen LogP contribution in [0.2, 0.25) is 0 Å². The molecule has 0 radical (unpaired) electrons. The molecular weight excluding hydrogens is 266 g/mol. The summed E-state index contributed by atoms with van der Waals surface area (Å²) < 4.78 is 21.7. The number of carboxylic acid groups (broad SMARTS) is 1. The van der Waals surface area contributed by atoms with E-state index in [4.69, 9.17) is 10.8 Å². The quantitative estimate of drug-likeness (QED) is 0.652. The van der Waals surface area contributed by atoms with Crippen molar-refractivity contribution in [3.05, 3.63) is 11.1 Å². The number of anilines is 1. The molecule has 0 spiro atoms. The lowest BCUT2D eigenvalue weighted by molar-refractivity contribution is -0.138. The van der Waals surface area contributed by atoms with Gasteiger partial charge in [0.15, 0.2) is 5.13 Å². The van der Waals surface area contributed by atoms with Gasteiger partial charge in [-0.15, -0.1) is 11.3 Å². The first-order chi connectivity index (χ1) is 7.79. The van der Waals surface area contributed by atoms with E-state index in [1.807, 2.05) is 0 Å². The molecule has 9 heteroatoms. The van der Waals surface area contributed by atoms with Gasteiger partial charge >= 0.3 is 5.97 Å². The number of nitrogens with one attached hydrogen (secondary N) is 1. The van der Waals surface area contributed by atoms with E-state index in [1.165, 1.54) is 16.7 Å². The minimum absolute atomic E-state index is 0.00705. The Hall–Kier alpha value is -1.19.